The second-order valence-corrected chi connectivity index (χ2v) is 5.69. The largest absolute Gasteiger partial charge is 0.496 e. The predicted molar refractivity (Wildman–Crippen MR) is 80.1 cm³/mol. The van der Waals surface area contributed by atoms with Gasteiger partial charge in [0, 0.05) is 25.2 Å². The van der Waals surface area contributed by atoms with Crippen LogP contribution in [0, 0.1) is 18.8 Å². The number of benzene rings is 1. The SMILES string of the molecule is COc1ccc(C)cc1CN1C[C@H]2CNC[C@H]2C1.Cl. The van der Waals surface area contributed by atoms with Crippen molar-refractivity contribution in [2.24, 2.45) is 11.8 Å². The number of aryl methyl sites for hydroxylation is 1. The maximum atomic E-state index is 5.47. The zero-order valence-electron chi connectivity index (χ0n) is 11.7. The summed E-state index contributed by atoms with van der Waals surface area (Å²) in [5, 5.41) is 3.49. The average Bonchev–Trinajstić information content (AvgIpc) is 2.90. The van der Waals surface area contributed by atoms with Crippen LogP contribution in [-0.2, 0) is 6.54 Å². The predicted octanol–water partition coefficient (Wildman–Crippen LogP) is 2.08. The number of hydrogen-bond donors (Lipinski definition) is 1. The second kappa shape index (κ2) is 6.12. The molecule has 3 rings (SSSR count). The van der Waals surface area contributed by atoms with Gasteiger partial charge in [0.05, 0.1) is 7.11 Å². The van der Waals surface area contributed by atoms with Crippen molar-refractivity contribution in [3.63, 3.8) is 0 Å². The monoisotopic (exact) mass is 282 g/mol. The molecule has 2 atom stereocenters. The standard InChI is InChI=1S/C15H22N2O.ClH/c1-11-3-4-15(18-2)12(5-11)8-17-9-13-6-16-7-14(13)10-17;/h3-5,13-14,16H,6-10H2,1-2H3;1H/t13-,14+;. The summed E-state index contributed by atoms with van der Waals surface area (Å²) < 4.78 is 5.47. The number of likely N-dealkylation sites (tertiary alicyclic amines) is 1. The minimum atomic E-state index is 0. The normalized spacial score (nSPS) is 26.0. The first-order chi connectivity index (χ1) is 8.76. The molecule has 0 bridgehead atoms. The van der Waals surface area contributed by atoms with E-state index in [0.29, 0.717) is 0 Å². The molecule has 1 aromatic carbocycles. The Hall–Kier alpha value is -0.770. The molecule has 2 aliphatic rings. The summed E-state index contributed by atoms with van der Waals surface area (Å²) in [6, 6.07) is 6.46. The molecule has 2 aliphatic heterocycles. The van der Waals surface area contributed by atoms with Crippen molar-refractivity contribution in [1.29, 1.82) is 0 Å². The summed E-state index contributed by atoms with van der Waals surface area (Å²) in [6.45, 7) is 8.03. The lowest BCUT2D eigenvalue weighted by atomic mass is 10.0. The molecule has 0 aliphatic carbocycles. The Morgan fingerprint density at radius 3 is 2.58 bits per heavy atom. The molecule has 1 N–H and O–H groups in total. The number of fused-ring (bicyclic) bond motifs is 1. The quantitative estimate of drug-likeness (QED) is 0.919. The van der Waals surface area contributed by atoms with Gasteiger partial charge in [0.1, 0.15) is 5.75 Å². The average molecular weight is 283 g/mol. The maximum absolute atomic E-state index is 5.47. The highest BCUT2D eigenvalue weighted by atomic mass is 35.5. The molecule has 0 aromatic heterocycles. The summed E-state index contributed by atoms with van der Waals surface area (Å²) in [4.78, 5) is 2.58. The third kappa shape index (κ3) is 3.04. The number of methoxy groups -OCH3 is 1. The van der Waals surface area contributed by atoms with Gasteiger partial charge in [-0.15, -0.1) is 12.4 Å². The van der Waals surface area contributed by atoms with Gasteiger partial charge in [-0.3, -0.25) is 4.90 Å². The van der Waals surface area contributed by atoms with Crippen LogP contribution in [-0.4, -0.2) is 38.2 Å². The van der Waals surface area contributed by atoms with E-state index in [2.05, 4.69) is 35.3 Å². The van der Waals surface area contributed by atoms with E-state index in [9.17, 15) is 0 Å². The first kappa shape index (κ1) is 14.6. The highest BCUT2D eigenvalue weighted by molar-refractivity contribution is 5.85. The molecule has 0 amide bonds. The molecule has 4 heteroatoms. The Balaban J connectivity index is 0.00000133. The van der Waals surface area contributed by atoms with Crippen LogP contribution in [0.3, 0.4) is 0 Å². The minimum absolute atomic E-state index is 0. The van der Waals surface area contributed by atoms with Gasteiger partial charge in [-0.25, -0.2) is 0 Å². The van der Waals surface area contributed by atoms with E-state index in [0.717, 1.165) is 24.1 Å². The van der Waals surface area contributed by atoms with Crippen molar-refractivity contribution in [3.8, 4) is 5.75 Å². The summed E-state index contributed by atoms with van der Waals surface area (Å²) in [7, 11) is 1.76. The molecule has 2 saturated heterocycles. The van der Waals surface area contributed by atoms with Crippen LogP contribution in [0.2, 0.25) is 0 Å². The van der Waals surface area contributed by atoms with Gasteiger partial charge in [0.15, 0.2) is 0 Å². The number of nitrogens with zero attached hydrogens (tertiary/aromatic N) is 1. The summed E-state index contributed by atoms with van der Waals surface area (Å²) in [6.07, 6.45) is 0. The minimum Gasteiger partial charge on any atom is -0.496 e. The van der Waals surface area contributed by atoms with Gasteiger partial charge in [-0.2, -0.15) is 0 Å². The topological polar surface area (TPSA) is 24.5 Å². The number of nitrogens with one attached hydrogen (secondary N) is 1. The third-order valence-electron chi connectivity index (χ3n) is 4.29. The van der Waals surface area contributed by atoms with E-state index < -0.39 is 0 Å². The van der Waals surface area contributed by atoms with Gasteiger partial charge in [-0.1, -0.05) is 17.7 Å². The van der Waals surface area contributed by atoms with Crippen LogP contribution in [0.5, 0.6) is 5.75 Å². The Morgan fingerprint density at radius 1 is 1.26 bits per heavy atom. The number of rotatable bonds is 3. The molecule has 0 saturated carbocycles. The smallest absolute Gasteiger partial charge is 0.123 e. The Kier molecular flexibility index (Phi) is 4.71. The molecule has 0 unspecified atom stereocenters. The van der Waals surface area contributed by atoms with Crippen LogP contribution in [0.4, 0.5) is 0 Å². The molecule has 0 spiro atoms. The van der Waals surface area contributed by atoms with Crippen molar-refractivity contribution in [1.82, 2.24) is 10.2 Å². The van der Waals surface area contributed by atoms with Crippen LogP contribution in [0.25, 0.3) is 0 Å². The zero-order valence-corrected chi connectivity index (χ0v) is 12.5. The lowest BCUT2D eigenvalue weighted by Crippen LogP contribution is -2.25. The van der Waals surface area contributed by atoms with Gasteiger partial charge in [0.2, 0.25) is 0 Å². The van der Waals surface area contributed by atoms with Crippen LogP contribution < -0.4 is 10.1 Å². The molecule has 19 heavy (non-hydrogen) atoms. The van der Waals surface area contributed by atoms with Gasteiger partial charge in [-0.05, 0) is 37.9 Å². The molecule has 2 fully saturated rings. The van der Waals surface area contributed by atoms with Crippen molar-refractivity contribution in [2.75, 3.05) is 33.3 Å². The molecule has 106 valence electrons. The molecule has 2 heterocycles. The Morgan fingerprint density at radius 2 is 1.95 bits per heavy atom. The number of halogens is 1. The second-order valence-electron chi connectivity index (χ2n) is 5.69. The maximum Gasteiger partial charge on any atom is 0.123 e. The van der Waals surface area contributed by atoms with Crippen molar-refractivity contribution < 1.29 is 4.74 Å². The zero-order chi connectivity index (χ0) is 12.5. The van der Waals surface area contributed by atoms with Gasteiger partial charge >= 0.3 is 0 Å². The van der Waals surface area contributed by atoms with E-state index >= 15 is 0 Å². The Bertz CT molecular complexity index is 426. The molecule has 3 nitrogen and oxygen atoms in total. The third-order valence-corrected chi connectivity index (χ3v) is 4.29. The first-order valence-corrected chi connectivity index (χ1v) is 6.83. The van der Waals surface area contributed by atoms with Crippen molar-refractivity contribution in [2.45, 2.75) is 13.5 Å². The van der Waals surface area contributed by atoms with Gasteiger partial charge in [0.25, 0.3) is 0 Å². The lowest BCUT2D eigenvalue weighted by molar-refractivity contribution is 0.298. The highest BCUT2D eigenvalue weighted by Crippen LogP contribution is 2.29. The highest BCUT2D eigenvalue weighted by Gasteiger charge is 2.35. The number of ether oxygens (including phenoxy) is 1. The van der Waals surface area contributed by atoms with E-state index in [4.69, 9.17) is 4.74 Å². The Labute approximate surface area is 121 Å². The molecular formula is C15H23ClN2O. The van der Waals surface area contributed by atoms with Crippen LogP contribution in [0.15, 0.2) is 18.2 Å². The fraction of sp³-hybridized carbons (Fsp3) is 0.600. The molecule has 1 aromatic rings. The first-order valence-electron chi connectivity index (χ1n) is 6.83. The molecular weight excluding hydrogens is 260 g/mol. The van der Waals surface area contributed by atoms with E-state index in [1.807, 2.05) is 0 Å². The summed E-state index contributed by atoms with van der Waals surface area (Å²) in [5.74, 6) is 2.75. The summed E-state index contributed by atoms with van der Waals surface area (Å²) in [5.41, 5.74) is 2.64. The number of hydrogen-bond acceptors (Lipinski definition) is 3. The fourth-order valence-corrected chi connectivity index (χ4v) is 3.35. The van der Waals surface area contributed by atoms with Gasteiger partial charge < -0.3 is 10.1 Å². The summed E-state index contributed by atoms with van der Waals surface area (Å²) >= 11 is 0. The van der Waals surface area contributed by atoms with E-state index in [-0.39, 0.29) is 12.4 Å². The van der Waals surface area contributed by atoms with Crippen LogP contribution >= 0.6 is 12.4 Å². The van der Waals surface area contributed by atoms with Crippen molar-refractivity contribution in [3.05, 3.63) is 29.3 Å². The van der Waals surface area contributed by atoms with Crippen molar-refractivity contribution >= 4 is 12.4 Å². The fourth-order valence-electron chi connectivity index (χ4n) is 3.35. The van der Waals surface area contributed by atoms with E-state index in [1.165, 1.54) is 37.3 Å². The van der Waals surface area contributed by atoms with Crippen LogP contribution in [0.1, 0.15) is 11.1 Å². The lowest BCUT2D eigenvalue weighted by Gasteiger charge is -2.19. The molecule has 0 radical (unpaired) electrons. The van der Waals surface area contributed by atoms with E-state index in [1.54, 1.807) is 7.11 Å².